The molecule has 0 fully saturated rings. The van der Waals surface area contributed by atoms with Crippen molar-refractivity contribution in [1.82, 2.24) is 5.32 Å². The van der Waals surface area contributed by atoms with Gasteiger partial charge < -0.3 is 14.2 Å². The number of carbonyl (C=O) groups excluding carboxylic acids is 1. The van der Waals surface area contributed by atoms with Gasteiger partial charge in [0.1, 0.15) is 0 Å². The maximum Gasteiger partial charge on any atom is 0.296 e. The van der Waals surface area contributed by atoms with Crippen molar-refractivity contribution in [3.63, 3.8) is 0 Å². The van der Waals surface area contributed by atoms with Crippen molar-refractivity contribution in [3.8, 4) is 0 Å². The number of carbonyl (C=O) groups is 1. The molecule has 0 aliphatic heterocycles. The number of hydrogen-bond acceptors (Lipinski definition) is 4. The van der Waals surface area contributed by atoms with Crippen molar-refractivity contribution in [2.24, 2.45) is 5.92 Å². The Hall–Kier alpha value is -0.176. The molecule has 0 amide bonds. The lowest BCUT2D eigenvalue weighted by atomic mass is 10.2. The highest BCUT2D eigenvalue weighted by molar-refractivity contribution is 6.75. The van der Waals surface area contributed by atoms with Gasteiger partial charge in [-0.3, -0.25) is 4.79 Å². The van der Waals surface area contributed by atoms with E-state index in [1.54, 1.807) is 0 Å². The van der Waals surface area contributed by atoms with Crippen LogP contribution in [0.15, 0.2) is 0 Å². The van der Waals surface area contributed by atoms with Gasteiger partial charge in [0.2, 0.25) is 0 Å². The van der Waals surface area contributed by atoms with Gasteiger partial charge in [-0.15, -0.1) is 0 Å². The molecule has 0 saturated heterocycles. The average Bonchev–Trinajstić information content (AvgIpc) is 2.35. The molecule has 138 valence electrons. The zero-order valence-electron chi connectivity index (χ0n) is 16.8. The van der Waals surface area contributed by atoms with Gasteiger partial charge in [-0.1, -0.05) is 27.7 Å². The molecule has 23 heavy (non-hydrogen) atoms. The lowest BCUT2D eigenvalue weighted by Gasteiger charge is -2.36. The summed E-state index contributed by atoms with van der Waals surface area (Å²) in [5, 5.41) is 3.45. The summed E-state index contributed by atoms with van der Waals surface area (Å²) in [6, 6.07) is 1.15. The molecule has 0 spiro atoms. The van der Waals surface area contributed by atoms with E-state index in [0.29, 0.717) is 6.54 Å². The highest BCUT2D eigenvalue weighted by Crippen LogP contribution is 2.36. The molecule has 0 aromatic heterocycles. The first kappa shape index (κ1) is 22.8. The third-order valence-corrected chi connectivity index (χ3v) is 11.6. The van der Waals surface area contributed by atoms with Crippen molar-refractivity contribution in [2.75, 3.05) is 19.7 Å². The van der Waals surface area contributed by atoms with E-state index in [9.17, 15) is 4.79 Å². The summed E-state index contributed by atoms with van der Waals surface area (Å²) in [5.74, 6) is -0.158. The molecule has 1 N–H and O–H groups in total. The Kier molecular flexibility index (Phi) is 9.27. The molecule has 0 aliphatic rings. The summed E-state index contributed by atoms with van der Waals surface area (Å²) in [7, 11) is -3.49. The first-order valence-corrected chi connectivity index (χ1v) is 14.9. The second-order valence-corrected chi connectivity index (χ2v) is 17.6. The van der Waals surface area contributed by atoms with E-state index in [0.717, 1.165) is 25.6 Å². The van der Waals surface area contributed by atoms with Crippen molar-refractivity contribution < 1.29 is 13.6 Å². The Morgan fingerprint density at radius 3 is 2.22 bits per heavy atom. The van der Waals surface area contributed by atoms with Crippen LogP contribution in [0, 0.1) is 5.92 Å². The van der Waals surface area contributed by atoms with Gasteiger partial charge in [-0.2, -0.15) is 0 Å². The third-order valence-electron chi connectivity index (χ3n) is 4.68. The quantitative estimate of drug-likeness (QED) is 0.463. The molecule has 0 rings (SSSR count). The first-order chi connectivity index (χ1) is 10.3. The molecule has 4 nitrogen and oxygen atoms in total. The van der Waals surface area contributed by atoms with Crippen LogP contribution >= 0.6 is 0 Å². The van der Waals surface area contributed by atoms with Gasteiger partial charge in [0.15, 0.2) is 8.32 Å². The van der Waals surface area contributed by atoms with E-state index in [1.165, 1.54) is 0 Å². The highest BCUT2D eigenvalue weighted by Gasteiger charge is 2.41. The molecule has 1 atom stereocenters. The molecule has 0 aromatic rings. The first-order valence-electron chi connectivity index (χ1n) is 8.90. The second kappa shape index (κ2) is 9.34. The van der Waals surface area contributed by atoms with E-state index in [4.69, 9.17) is 8.85 Å². The predicted octanol–water partition coefficient (Wildman–Crippen LogP) is 4.39. The van der Waals surface area contributed by atoms with Gasteiger partial charge in [0, 0.05) is 13.2 Å². The van der Waals surface area contributed by atoms with Crippen molar-refractivity contribution in [3.05, 3.63) is 0 Å². The molecule has 0 heterocycles. The molecular formula is C17H39NO3Si2. The van der Waals surface area contributed by atoms with Gasteiger partial charge in [0.25, 0.3) is 14.3 Å². The summed E-state index contributed by atoms with van der Waals surface area (Å²) in [4.78, 5) is 12.3. The molecule has 6 heteroatoms. The second-order valence-electron chi connectivity index (χ2n) is 8.58. The molecule has 0 bridgehead atoms. The van der Waals surface area contributed by atoms with Crippen LogP contribution in [0.1, 0.15) is 41.0 Å². The fraction of sp³-hybridized carbons (Fsp3) is 0.941. The standard InChI is InChI=1S/C17H39NO3Si2/c1-10-20-22(6,7)13-11-12-18-14-15(2)16(19)21-23(8,9)17(3,4)5/h15,18H,10-14H2,1-9H3. The molecule has 0 saturated carbocycles. The summed E-state index contributed by atoms with van der Waals surface area (Å²) in [6.07, 6.45) is 1.10. The minimum atomic E-state index is -2.01. The average molecular weight is 362 g/mol. The van der Waals surface area contributed by atoms with Crippen LogP contribution < -0.4 is 5.32 Å². The number of nitrogens with one attached hydrogen (secondary N) is 1. The van der Waals surface area contributed by atoms with Gasteiger partial charge in [-0.25, -0.2) is 0 Å². The van der Waals surface area contributed by atoms with Gasteiger partial charge in [-0.05, 0) is 57.2 Å². The SMILES string of the molecule is CCO[Si](C)(C)CCCNCC(C)C(=O)O[Si](C)(C)C(C)(C)C. The smallest absolute Gasteiger partial charge is 0.296 e. The number of hydrogen-bond donors (Lipinski definition) is 1. The van der Waals surface area contributed by atoms with E-state index in [2.05, 4.69) is 59.2 Å². The van der Waals surface area contributed by atoms with Crippen molar-refractivity contribution >= 4 is 22.6 Å². The van der Waals surface area contributed by atoms with Crippen LogP contribution in [0.2, 0.25) is 37.3 Å². The monoisotopic (exact) mass is 361 g/mol. The molecule has 1 unspecified atom stereocenters. The zero-order valence-corrected chi connectivity index (χ0v) is 18.8. The Labute approximate surface area is 146 Å². The van der Waals surface area contributed by atoms with E-state index in [1.807, 2.05) is 6.92 Å². The molecule has 0 radical (unpaired) electrons. The summed E-state index contributed by atoms with van der Waals surface area (Å²) < 4.78 is 11.7. The topological polar surface area (TPSA) is 47.6 Å². The van der Waals surface area contributed by atoms with Crippen LogP contribution in [-0.4, -0.2) is 42.3 Å². The Morgan fingerprint density at radius 2 is 1.74 bits per heavy atom. The van der Waals surface area contributed by atoms with Crippen molar-refractivity contribution in [2.45, 2.75) is 78.3 Å². The van der Waals surface area contributed by atoms with E-state index >= 15 is 0 Å². The summed E-state index contributed by atoms with van der Waals surface area (Å²) in [6.45, 7) is 21.6. The zero-order chi connectivity index (χ0) is 18.3. The largest absolute Gasteiger partial charge is 0.519 e. The van der Waals surface area contributed by atoms with Crippen LogP contribution in [0.25, 0.3) is 0 Å². The van der Waals surface area contributed by atoms with E-state index in [-0.39, 0.29) is 16.9 Å². The normalized spacial score (nSPS) is 14.7. The predicted molar refractivity (Wildman–Crippen MR) is 104 cm³/mol. The lowest BCUT2D eigenvalue weighted by Crippen LogP contribution is -2.44. The summed E-state index contributed by atoms with van der Waals surface area (Å²) >= 11 is 0. The van der Waals surface area contributed by atoms with Gasteiger partial charge >= 0.3 is 0 Å². The highest BCUT2D eigenvalue weighted by atomic mass is 28.4. The van der Waals surface area contributed by atoms with Crippen LogP contribution in [0.4, 0.5) is 0 Å². The molecule has 0 aromatic carbocycles. The maximum atomic E-state index is 12.3. The summed E-state index contributed by atoms with van der Waals surface area (Å²) in [5.41, 5.74) is 0. The fourth-order valence-electron chi connectivity index (χ4n) is 2.01. The van der Waals surface area contributed by atoms with Crippen LogP contribution in [0.3, 0.4) is 0 Å². The Balaban J connectivity index is 4.07. The minimum absolute atomic E-state index is 0.0608. The maximum absolute atomic E-state index is 12.3. The third kappa shape index (κ3) is 9.03. The molecule has 0 aliphatic carbocycles. The number of rotatable bonds is 10. The lowest BCUT2D eigenvalue weighted by molar-refractivity contribution is -0.139. The molecular weight excluding hydrogens is 322 g/mol. The van der Waals surface area contributed by atoms with Crippen LogP contribution in [0.5, 0.6) is 0 Å². The van der Waals surface area contributed by atoms with Crippen molar-refractivity contribution in [1.29, 1.82) is 0 Å². The Morgan fingerprint density at radius 1 is 1.17 bits per heavy atom. The fourth-order valence-corrected chi connectivity index (χ4v) is 4.97. The van der Waals surface area contributed by atoms with Crippen LogP contribution in [-0.2, 0) is 13.6 Å². The Bertz CT molecular complexity index is 365. The van der Waals surface area contributed by atoms with E-state index < -0.39 is 16.6 Å². The van der Waals surface area contributed by atoms with Gasteiger partial charge in [0.05, 0.1) is 5.92 Å². The minimum Gasteiger partial charge on any atom is -0.519 e.